The van der Waals surface area contributed by atoms with E-state index in [0.717, 1.165) is 0 Å². The van der Waals surface area contributed by atoms with Crippen molar-refractivity contribution >= 4 is 17.4 Å². The van der Waals surface area contributed by atoms with Crippen LogP contribution in [0.3, 0.4) is 0 Å². The summed E-state index contributed by atoms with van der Waals surface area (Å²) in [6.45, 7) is 0. The number of halogens is 1. The molecular formula is C16H10ClN5O. The van der Waals surface area contributed by atoms with E-state index in [2.05, 4.69) is 15.5 Å². The molecule has 7 heteroatoms. The Bertz CT molecular complexity index is 885. The van der Waals surface area contributed by atoms with E-state index in [1.165, 1.54) is 10.7 Å². The van der Waals surface area contributed by atoms with Crippen LogP contribution in [-0.2, 0) is 0 Å². The van der Waals surface area contributed by atoms with Crippen LogP contribution in [0.15, 0.2) is 54.6 Å². The smallest absolute Gasteiger partial charge is 0.187 e. The van der Waals surface area contributed by atoms with E-state index in [-0.39, 0.29) is 5.82 Å². The number of tetrazole rings is 1. The summed E-state index contributed by atoms with van der Waals surface area (Å²) in [5.74, 6) is -1.35. The molecule has 3 aromatic rings. The van der Waals surface area contributed by atoms with Gasteiger partial charge >= 0.3 is 0 Å². The zero-order valence-corrected chi connectivity index (χ0v) is 12.6. The Kier molecular flexibility index (Phi) is 4.13. The zero-order valence-electron chi connectivity index (χ0n) is 11.8. The van der Waals surface area contributed by atoms with Crippen molar-refractivity contribution < 1.29 is 4.79 Å². The van der Waals surface area contributed by atoms with Gasteiger partial charge in [0.25, 0.3) is 0 Å². The molecule has 0 radical (unpaired) electrons. The molecule has 0 N–H and O–H groups in total. The molecule has 0 aliphatic carbocycles. The lowest BCUT2D eigenvalue weighted by Gasteiger charge is -2.09. The highest BCUT2D eigenvalue weighted by Gasteiger charge is 2.28. The van der Waals surface area contributed by atoms with Gasteiger partial charge in [-0.3, -0.25) is 4.79 Å². The maximum absolute atomic E-state index is 12.6. The SMILES string of the molecule is N#CC(C(=O)c1cccc(Cl)c1)c1nnnn1-c1ccccc1. The first-order valence-electron chi connectivity index (χ1n) is 6.74. The number of carbonyl (C=O) groups is 1. The molecule has 1 heterocycles. The fourth-order valence-corrected chi connectivity index (χ4v) is 2.36. The Morgan fingerprint density at radius 1 is 1.17 bits per heavy atom. The molecule has 0 fully saturated rings. The van der Waals surface area contributed by atoms with Crippen molar-refractivity contribution in [3.63, 3.8) is 0 Å². The molecule has 0 aliphatic rings. The summed E-state index contributed by atoms with van der Waals surface area (Å²) in [7, 11) is 0. The summed E-state index contributed by atoms with van der Waals surface area (Å²) < 4.78 is 1.39. The van der Waals surface area contributed by atoms with Crippen molar-refractivity contribution in [2.75, 3.05) is 0 Å². The van der Waals surface area contributed by atoms with Crippen LogP contribution in [0.1, 0.15) is 22.1 Å². The molecule has 0 aliphatic heterocycles. The first-order chi connectivity index (χ1) is 11.2. The molecule has 3 rings (SSSR count). The second-order valence-corrected chi connectivity index (χ2v) is 5.16. The molecule has 2 aromatic carbocycles. The number of rotatable bonds is 4. The molecule has 0 saturated heterocycles. The topological polar surface area (TPSA) is 84.5 Å². The minimum Gasteiger partial charge on any atom is -0.292 e. The predicted molar refractivity (Wildman–Crippen MR) is 83.3 cm³/mol. The zero-order chi connectivity index (χ0) is 16.2. The molecule has 0 saturated carbocycles. The van der Waals surface area contributed by atoms with Crippen molar-refractivity contribution in [2.24, 2.45) is 0 Å². The largest absolute Gasteiger partial charge is 0.292 e. The van der Waals surface area contributed by atoms with Crippen LogP contribution in [-0.4, -0.2) is 26.0 Å². The van der Waals surface area contributed by atoms with E-state index in [9.17, 15) is 10.1 Å². The van der Waals surface area contributed by atoms with Crippen LogP contribution in [0.4, 0.5) is 0 Å². The van der Waals surface area contributed by atoms with Crippen molar-refractivity contribution in [1.29, 1.82) is 5.26 Å². The first-order valence-corrected chi connectivity index (χ1v) is 7.11. The summed E-state index contributed by atoms with van der Waals surface area (Å²) in [4.78, 5) is 12.6. The van der Waals surface area contributed by atoms with Gasteiger partial charge in [0, 0.05) is 10.6 Å². The van der Waals surface area contributed by atoms with Crippen LogP contribution >= 0.6 is 11.6 Å². The van der Waals surface area contributed by atoms with Gasteiger partial charge in [0.1, 0.15) is 0 Å². The van der Waals surface area contributed by atoms with Gasteiger partial charge < -0.3 is 0 Å². The Morgan fingerprint density at radius 2 is 1.96 bits per heavy atom. The van der Waals surface area contributed by atoms with Gasteiger partial charge in [0.15, 0.2) is 17.5 Å². The molecule has 6 nitrogen and oxygen atoms in total. The molecule has 1 aromatic heterocycles. The lowest BCUT2D eigenvalue weighted by Crippen LogP contribution is -2.16. The van der Waals surface area contributed by atoms with E-state index in [1.54, 1.807) is 30.3 Å². The Morgan fingerprint density at radius 3 is 2.65 bits per heavy atom. The van der Waals surface area contributed by atoms with Gasteiger partial charge in [0.2, 0.25) is 0 Å². The average molecular weight is 324 g/mol. The van der Waals surface area contributed by atoms with E-state index >= 15 is 0 Å². The monoisotopic (exact) mass is 323 g/mol. The maximum atomic E-state index is 12.6. The Labute approximate surface area is 136 Å². The summed E-state index contributed by atoms with van der Waals surface area (Å²) in [5.41, 5.74) is 1.01. The fraction of sp³-hybridized carbons (Fsp3) is 0.0625. The number of para-hydroxylation sites is 1. The maximum Gasteiger partial charge on any atom is 0.187 e. The molecule has 0 spiro atoms. The molecule has 112 valence electrons. The van der Waals surface area contributed by atoms with E-state index in [0.29, 0.717) is 16.3 Å². The summed E-state index contributed by atoms with van der Waals surface area (Å²) >= 11 is 5.91. The molecular weight excluding hydrogens is 314 g/mol. The van der Waals surface area contributed by atoms with Crippen molar-refractivity contribution in [3.8, 4) is 11.8 Å². The molecule has 1 unspecified atom stereocenters. The summed E-state index contributed by atoms with van der Waals surface area (Å²) in [6.07, 6.45) is 0. The molecule has 1 atom stereocenters. The third-order valence-electron chi connectivity index (χ3n) is 3.25. The van der Waals surface area contributed by atoms with Gasteiger partial charge in [0.05, 0.1) is 11.8 Å². The van der Waals surface area contributed by atoms with Gasteiger partial charge in [-0.15, -0.1) is 5.10 Å². The minimum atomic E-state index is -1.12. The van der Waals surface area contributed by atoms with Crippen LogP contribution in [0.25, 0.3) is 5.69 Å². The van der Waals surface area contributed by atoms with Crippen molar-refractivity contribution in [2.45, 2.75) is 5.92 Å². The molecule has 0 bridgehead atoms. The fourth-order valence-electron chi connectivity index (χ4n) is 2.17. The number of nitriles is 1. The number of nitrogens with zero attached hydrogens (tertiary/aromatic N) is 5. The summed E-state index contributed by atoms with van der Waals surface area (Å²) in [6, 6.07) is 17.5. The van der Waals surface area contributed by atoms with Crippen LogP contribution < -0.4 is 0 Å². The van der Waals surface area contributed by atoms with E-state index < -0.39 is 11.7 Å². The van der Waals surface area contributed by atoms with Gasteiger partial charge in [-0.1, -0.05) is 41.9 Å². The number of ketones is 1. The Hall–Kier alpha value is -3.04. The normalized spacial score (nSPS) is 11.7. The highest BCUT2D eigenvalue weighted by atomic mass is 35.5. The number of benzene rings is 2. The number of carbonyl (C=O) groups excluding carboxylic acids is 1. The standard InChI is InChI=1S/C16H10ClN5O/c17-12-6-4-5-11(9-12)15(23)14(10-18)16-19-20-21-22(16)13-7-2-1-3-8-13/h1-9,14H. The second kappa shape index (κ2) is 6.38. The van der Waals surface area contributed by atoms with Crippen LogP contribution in [0.5, 0.6) is 0 Å². The van der Waals surface area contributed by atoms with E-state index in [1.807, 2.05) is 24.3 Å². The van der Waals surface area contributed by atoms with Gasteiger partial charge in [-0.25, -0.2) is 0 Å². The minimum absolute atomic E-state index is 0.170. The Balaban J connectivity index is 2.02. The molecule has 0 amide bonds. The third-order valence-corrected chi connectivity index (χ3v) is 3.49. The lowest BCUT2D eigenvalue weighted by atomic mass is 9.98. The summed E-state index contributed by atoms with van der Waals surface area (Å²) in [5, 5.41) is 21.2. The third kappa shape index (κ3) is 2.96. The predicted octanol–water partition coefficient (Wildman–Crippen LogP) is 2.81. The van der Waals surface area contributed by atoms with Gasteiger partial charge in [-0.05, 0) is 34.7 Å². The average Bonchev–Trinajstić information content (AvgIpc) is 3.05. The lowest BCUT2D eigenvalue weighted by molar-refractivity contribution is 0.0975. The van der Waals surface area contributed by atoms with Gasteiger partial charge in [-0.2, -0.15) is 9.94 Å². The second-order valence-electron chi connectivity index (χ2n) is 4.72. The van der Waals surface area contributed by atoms with Crippen molar-refractivity contribution in [3.05, 3.63) is 71.0 Å². The number of hydrogen-bond donors (Lipinski definition) is 0. The molecule has 23 heavy (non-hydrogen) atoms. The quantitative estimate of drug-likeness (QED) is 0.689. The highest BCUT2D eigenvalue weighted by molar-refractivity contribution is 6.31. The number of hydrogen-bond acceptors (Lipinski definition) is 5. The number of Topliss-reactive ketones (excluding diaryl/α,β-unsaturated/α-hetero) is 1. The first kappa shape index (κ1) is 14.9. The van der Waals surface area contributed by atoms with Crippen LogP contribution in [0, 0.1) is 11.3 Å². The van der Waals surface area contributed by atoms with E-state index in [4.69, 9.17) is 11.6 Å². The highest BCUT2D eigenvalue weighted by Crippen LogP contribution is 2.22. The van der Waals surface area contributed by atoms with Crippen molar-refractivity contribution in [1.82, 2.24) is 20.2 Å². The number of aromatic nitrogens is 4. The van der Waals surface area contributed by atoms with Crippen LogP contribution in [0.2, 0.25) is 5.02 Å².